The highest BCUT2D eigenvalue weighted by Crippen LogP contribution is 2.24. The highest BCUT2D eigenvalue weighted by atomic mass is 32.1. The molecule has 0 spiro atoms. The fourth-order valence-corrected chi connectivity index (χ4v) is 3.81. The molecule has 0 saturated carbocycles. The number of hydrogen-bond acceptors (Lipinski definition) is 6. The molecule has 0 fully saturated rings. The maximum Gasteiger partial charge on any atom is 0.272 e. The third-order valence-corrected chi connectivity index (χ3v) is 5.23. The molecule has 0 aliphatic carbocycles. The SMILES string of the molecule is O=c1cc(Cc2csc(-c3ccncc3)n2)nc2cc(-c3ccccn3)[nH]n12. The molecule has 5 aromatic heterocycles. The fraction of sp³-hybridized carbons (Fsp3) is 0.0500. The zero-order valence-corrected chi connectivity index (χ0v) is 15.4. The fourth-order valence-electron chi connectivity index (χ4n) is 2.99. The van der Waals surface area contributed by atoms with Gasteiger partial charge in [0.1, 0.15) is 5.01 Å². The van der Waals surface area contributed by atoms with E-state index in [1.165, 1.54) is 10.6 Å². The topological polar surface area (TPSA) is 88.8 Å². The van der Waals surface area contributed by atoms with Crippen LogP contribution in [0.4, 0.5) is 0 Å². The smallest absolute Gasteiger partial charge is 0.272 e. The molecule has 0 aliphatic heterocycles. The van der Waals surface area contributed by atoms with Crippen molar-refractivity contribution in [2.45, 2.75) is 6.42 Å². The first-order valence-corrected chi connectivity index (χ1v) is 9.52. The Balaban J connectivity index is 1.47. The van der Waals surface area contributed by atoms with Crippen LogP contribution in [0.15, 0.2) is 71.2 Å². The van der Waals surface area contributed by atoms with Gasteiger partial charge in [-0.3, -0.25) is 19.9 Å². The summed E-state index contributed by atoms with van der Waals surface area (Å²) in [6, 6.07) is 12.9. The van der Waals surface area contributed by atoms with Crippen LogP contribution in [0.25, 0.3) is 27.6 Å². The highest BCUT2D eigenvalue weighted by Gasteiger charge is 2.11. The molecule has 0 bridgehead atoms. The van der Waals surface area contributed by atoms with Crippen molar-refractivity contribution in [2.24, 2.45) is 0 Å². The van der Waals surface area contributed by atoms with Crippen LogP contribution in [0.1, 0.15) is 11.4 Å². The summed E-state index contributed by atoms with van der Waals surface area (Å²) in [5.74, 6) is 0. The van der Waals surface area contributed by atoms with Crippen LogP contribution < -0.4 is 5.56 Å². The van der Waals surface area contributed by atoms with Gasteiger partial charge < -0.3 is 0 Å². The molecule has 7 nitrogen and oxygen atoms in total. The number of hydrogen-bond donors (Lipinski definition) is 1. The number of aromatic amines is 1. The van der Waals surface area contributed by atoms with Crippen molar-refractivity contribution in [2.75, 3.05) is 0 Å². The Kier molecular flexibility index (Phi) is 4.02. The van der Waals surface area contributed by atoms with Gasteiger partial charge in [-0.15, -0.1) is 11.3 Å². The van der Waals surface area contributed by atoms with Crippen molar-refractivity contribution in [3.05, 3.63) is 88.2 Å². The maximum absolute atomic E-state index is 12.5. The van der Waals surface area contributed by atoms with Gasteiger partial charge in [0.25, 0.3) is 5.56 Å². The molecule has 8 heteroatoms. The molecule has 0 atom stereocenters. The summed E-state index contributed by atoms with van der Waals surface area (Å²) in [5.41, 5.74) is 4.50. The zero-order valence-electron chi connectivity index (χ0n) is 14.6. The Labute approximate surface area is 163 Å². The lowest BCUT2D eigenvalue weighted by molar-refractivity contribution is 0.879. The van der Waals surface area contributed by atoms with Crippen molar-refractivity contribution < 1.29 is 0 Å². The number of nitrogens with one attached hydrogen (secondary N) is 1. The van der Waals surface area contributed by atoms with Crippen molar-refractivity contribution >= 4 is 17.0 Å². The molecule has 5 rings (SSSR count). The molecular formula is C20H14N6OS. The Morgan fingerprint density at radius 3 is 2.71 bits per heavy atom. The summed E-state index contributed by atoms with van der Waals surface area (Å²) in [4.78, 5) is 30.1. The number of rotatable bonds is 4. The van der Waals surface area contributed by atoms with E-state index < -0.39 is 0 Å². The van der Waals surface area contributed by atoms with E-state index in [0.29, 0.717) is 17.8 Å². The second-order valence-corrected chi connectivity index (χ2v) is 7.08. The molecule has 0 aliphatic rings. The van der Waals surface area contributed by atoms with Crippen LogP contribution in [0.5, 0.6) is 0 Å². The monoisotopic (exact) mass is 386 g/mol. The van der Waals surface area contributed by atoms with Crippen LogP contribution in [0, 0.1) is 0 Å². The molecule has 0 saturated heterocycles. The third-order valence-electron chi connectivity index (χ3n) is 4.29. The zero-order chi connectivity index (χ0) is 18.9. The first-order chi connectivity index (χ1) is 13.8. The first-order valence-electron chi connectivity index (χ1n) is 8.64. The minimum atomic E-state index is -0.160. The van der Waals surface area contributed by atoms with E-state index in [0.717, 1.165) is 27.7 Å². The third kappa shape index (κ3) is 3.10. The predicted octanol–water partition coefficient (Wildman–Crippen LogP) is 3.19. The lowest BCUT2D eigenvalue weighted by Crippen LogP contribution is -2.15. The average molecular weight is 386 g/mol. The molecule has 5 heterocycles. The van der Waals surface area contributed by atoms with Crippen LogP contribution in [0.2, 0.25) is 0 Å². The van der Waals surface area contributed by atoms with Crippen LogP contribution >= 0.6 is 11.3 Å². The summed E-state index contributed by atoms with van der Waals surface area (Å²) in [6.07, 6.45) is 5.71. The lowest BCUT2D eigenvalue weighted by atomic mass is 10.2. The normalized spacial score (nSPS) is 11.1. The van der Waals surface area contributed by atoms with Crippen LogP contribution in [-0.4, -0.2) is 29.5 Å². The number of aromatic nitrogens is 6. The van der Waals surface area contributed by atoms with Gasteiger partial charge in [-0.25, -0.2) is 14.5 Å². The Bertz CT molecular complexity index is 1310. The minimum absolute atomic E-state index is 0.160. The van der Waals surface area contributed by atoms with E-state index in [1.54, 1.807) is 29.9 Å². The summed E-state index contributed by atoms with van der Waals surface area (Å²) in [6.45, 7) is 0. The highest BCUT2D eigenvalue weighted by molar-refractivity contribution is 7.13. The number of pyridine rings is 2. The van der Waals surface area contributed by atoms with Crippen molar-refractivity contribution in [3.63, 3.8) is 0 Å². The molecule has 0 amide bonds. The van der Waals surface area contributed by atoms with Gasteiger partial charge in [-0.2, -0.15) is 0 Å². The van der Waals surface area contributed by atoms with Gasteiger partial charge >= 0.3 is 0 Å². The molecular weight excluding hydrogens is 372 g/mol. The summed E-state index contributed by atoms with van der Waals surface area (Å²) >= 11 is 1.57. The Hall–Kier alpha value is -3.65. The number of nitrogens with zero attached hydrogens (tertiary/aromatic N) is 5. The standard InChI is InChI=1S/C20H14N6OS/c27-19-10-14(9-15-12-28-20(24-15)13-4-7-21-8-5-13)23-18-11-17(25-26(18)19)16-3-1-2-6-22-16/h1-8,10-12,25H,9H2. The van der Waals surface area contributed by atoms with Crippen LogP contribution in [-0.2, 0) is 6.42 Å². The Morgan fingerprint density at radius 2 is 1.89 bits per heavy atom. The molecule has 136 valence electrons. The summed E-state index contributed by atoms with van der Waals surface area (Å²) in [7, 11) is 0. The molecule has 5 aromatic rings. The van der Waals surface area contributed by atoms with Crippen molar-refractivity contribution in [1.29, 1.82) is 0 Å². The van der Waals surface area contributed by atoms with E-state index in [1.807, 2.05) is 41.8 Å². The van der Waals surface area contributed by atoms with Gasteiger partial charge in [0.2, 0.25) is 0 Å². The van der Waals surface area contributed by atoms with Gasteiger partial charge in [0, 0.05) is 48.1 Å². The largest absolute Gasteiger partial charge is 0.287 e. The summed E-state index contributed by atoms with van der Waals surface area (Å²) < 4.78 is 1.43. The van der Waals surface area contributed by atoms with E-state index in [2.05, 4.69) is 25.0 Å². The van der Waals surface area contributed by atoms with E-state index in [-0.39, 0.29) is 5.56 Å². The lowest BCUT2D eigenvalue weighted by Gasteiger charge is -1.99. The number of H-pyrrole nitrogens is 1. The Morgan fingerprint density at radius 1 is 1.00 bits per heavy atom. The quantitative estimate of drug-likeness (QED) is 0.512. The van der Waals surface area contributed by atoms with Crippen LogP contribution in [0.3, 0.4) is 0 Å². The first kappa shape index (κ1) is 16.5. The van der Waals surface area contributed by atoms with Gasteiger partial charge in [-0.05, 0) is 24.3 Å². The average Bonchev–Trinajstić information content (AvgIpc) is 3.37. The second-order valence-electron chi connectivity index (χ2n) is 6.22. The summed E-state index contributed by atoms with van der Waals surface area (Å²) in [5, 5.41) is 5.98. The molecule has 0 radical (unpaired) electrons. The van der Waals surface area contributed by atoms with Crippen molar-refractivity contribution in [1.82, 2.24) is 29.5 Å². The van der Waals surface area contributed by atoms with Crippen molar-refractivity contribution in [3.8, 4) is 22.0 Å². The molecule has 1 N–H and O–H groups in total. The minimum Gasteiger partial charge on any atom is -0.287 e. The number of thiazole rings is 1. The maximum atomic E-state index is 12.5. The van der Waals surface area contributed by atoms with E-state index in [4.69, 9.17) is 0 Å². The molecule has 0 aromatic carbocycles. The van der Waals surface area contributed by atoms with E-state index >= 15 is 0 Å². The predicted molar refractivity (Wildman–Crippen MR) is 107 cm³/mol. The van der Waals surface area contributed by atoms with Gasteiger partial charge in [0.15, 0.2) is 5.65 Å². The second kappa shape index (κ2) is 6.82. The van der Waals surface area contributed by atoms with Gasteiger partial charge in [0.05, 0.1) is 22.8 Å². The van der Waals surface area contributed by atoms with Gasteiger partial charge in [-0.1, -0.05) is 6.07 Å². The molecule has 28 heavy (non-hydrogen) atoms. The number of fused-ring (bicyclic) bond motifs is 1. The van der Waals surface area contributed by atoms with E-state index in [9.17, 15) is 4.79 Å². The molecule has 0 unspecified atom stereocenters.